The van der Waals surface area contributed by atoms with Crippen LogP contribution in [0.25, 0.3) is 0 Å². The highest BCUT2D eigenvalue weighted by atomic mass is 32.2. The fourth-order valence-electron chi connectivity index (χ4n) is 2.32. The van der Waals surface area contributed by atoms with Crippen molar-refractivity contribution in [1.29, 1.82) is 0 Å². The number of esters is 1. The molecule has 28 heavy (non-hydrogen) atoms. The van der Waals surface area contributed by atoms with Gasteiger partial charge in [-0.1, -0.05) is 6.07 Å². The third-order valence-corrected chi connectivity index (χ3v) is 5.46. The lowest BCUT2D eigenvalue weighted by molar-refractivity contribution is -0.385. The maximum Gasteiger partial charge on any atom is 0.321 e. The van der Waals surface area contributed by atoms with Gasteiger partial charge in [0, 0.05) is 17.7 Å². The lowest BCUT2D eigenvalue weighted by atomic mass is 10.1. The number of nitro groups is 1. The van der Waals surface area contributed by atoms with E-state index in [1.807, 2.05) is 6.92 Å². The van der Waals surface area contributed by atoms with Crippen LogP contribution in [0.5, 0.6) is 5.75 Å². The number of rotatable bonds is 8. The van der Waals surface area contributed by atoms with Crippen molar-refractivity contribution >= 4 is 21.7 Å². The number of non-ortho nitro benzene ring substituents is 1. The van der Waals surface area contributed by atoms with E-state index in [0.29, 0.717) is 11.3 Å². The van der Waals surface area contributed by atoms with Crippen molar-refractivity contribution in [2.75, 3.05) is 13.7 Å². The zero-order valence-corrected chi connectivity index (χ0v) is 16.4. The molecule has 0 aliphatic heterocycles. The van der Waals surface area contributed by atoms with Crippen LogP contribution < -0.4 is 9.46 Å². The molecule has 150 valence electrons. The summed E-state index contributed by atoms with van der Waals surface area (Å²) in [4.78, 5) is 22.2. The number of hydrogen-bond donors (Lipinski definition) is 1. The van der Waals surface area contributed by atoms with Gasteiger partial charge in [-0.3, -0.25) is 14.9 Å². The topological polar surface area (TPSA) is 125 Å². The Morgan fingerprint density at radius 2 is 1.86 bits per heavy atom. The van der Waals surface area contributed by atoms with Crippen molar-refractivity contribution in [3.05, 3.63) is 63.2 Å². The molecule has 2 aromatic carbocycles. The fraction of sp³-hybridized carbons (Fsp3) is 0.278. The van der Waals surface area contributed by atoms with Crippen molar-refractivity contribution < 1.29 is 27.6 Å². The molecule has 0 aromatic heterocycles. The van der Waals surface area contributed by atoms with E-state index in [1.54, 1.807) is 13.0 Å². The molecule has 0 spiro atoms. The Kier molecular flexibility index (Phi) is 6.71. The third-order valence-electron chi connectivity index (χ3n) is 4.06. The first kappa shape index (κ1) is 21.3. The van der Waals surface area contributed by atoms with Gasteiger partial charge >= 0.3 is 5.97 Å². The number of aryl methyl sites for hydroxylation is 2. The summed E-state index contributed by atoms with van der Waals surface area (Å²) in [5.74, 6) is -0.518. The van der Waals surface area contributed by atoms with Crippen LogP contribution in [0.15, 0.2) is 41.3 Å². The van der Waals surface area contributed by atoms with Crippen LogP contribution in [0.2, 0.25) is 0 Å². The molecule has 0 aliphatic rings. The van der Waals surface area contributed by atoms with E-state index in [4.69, 9.17) is 9.47 Å². The van der Waals surface area contributed by atoms with E-state index in [2.05, 4.69) is 4.72 Å². The van der Waals surface area contributed by atoms with Gasteiger partial charge in [-0.05, 0) is 43.2 Å². The van der Waals surface area contributed by atoms with Gasteiger partial charge in [-0.25, -0.2) is 8.42 Å². The van der Waals surface area contributed by atoms with Crippen molar-refractivity contribution in [2.24, 2.45) is 0 Å². The number of carbonyl (C=O) groups is 1. The highest BCUT2D eigenvalue weighted by Crippen LogP contribution is 2.24. The fourth-order valence-corrected chi connectivity index (χ4v) is 3.37. The SMILES string of the molecule is COc1ccc([N+](=O)[O-])cc1COC(=O)CNS(=O)(=O)c1ccc(C)c(C)c1. The summed E-state index contributed by atoms with van der Waals surface area (Å²) < 4.78 is 36.8. The molecule has 10 heteroatoms. The first-order chi connectivity index (χ1) is 13.1. The van der Waals surface area contributed by atoms with Crippen LogP contribution in [0.1, 0.15) is 16.7 Å². The number of benzene rings is 2. The second-order valence-corrected chi connectivity index (χ2v) is 7.75. The van der Waals surface area contributed by atoms with Gasteiger partial charge in [0.2, 0.25) is 10.0 Å². The first-order valence-corrected chi connectivity index (χ1v) is 9.66. The van der Waals surface area contributed by atoms with E-state index in [9.17, 15) is 23.3 Å². The zero-order valence-electron chi connectivity index (χ0n) is 15.6. The van der Waals surface area contributed by atoms with Gasteiger partial charge in [0.1, 0.15) is 18.9 Å². The van der Waals surface area contributed by atoms with Crippen LogP contribution in [-0.4, -0.2) is 33.0 Å². The van der Waals surface area contributed by atoms with Crippen LogP contribution in [0.4, 0.5) is 5.69 Å². The van der Waals surface area contributed by atoms with Crippen LogP contribution >= 0.6 is 0 Å². The van der Waals surface area contributed by atoms with Crippen LogP contribution in [-0.2, 0) is 26.2 Å². The predicted octanol–water partition coefficient (Wildman–Crippen LogP) is 2.24. The van der Waals surface area contributed by atoms with E-state index >= 15 is 0 Å². The number of hydrogen-bond acceptors (Lipinski definition) is 7. The van der Waals surface area contributed by atoms with E-state index in [1.165, 1.54) is 37.4 Å². The maximum absolute atomic E-state index is 12.3. The second kappa shape index (κ2) is 8.81. The van der Waals surface area contributed by atoms with Gasteiger partial charge < -0.3 is 9.47 Å². The Hall–Kier alpha value is -2.98. The second-order valence-electron chi connectivity index (χ2n) is 5.98. The lowest BCUT2D eigenvalue weighted by Gasteiger charge is -2.11. The number of carbonyl (C=O) groups excluding carboxylic acids is 1. The molecule has 0 amide bonds. The van der Waals surface area contributed by atoms with Crippen molar-refractivity contribution in [2.45, 2.75) is 25.3 Å². The molecule has 0 atom stereocenters. The summed E-state index contributed by atoms with van der Waals surface area (Å²) in [6, 6.07) is 8.52. The van der Waals surface area contributed by atoms with Gasteiger partial charge in [-0.15, -0.1) is 0 Å². The van der Waals surface area contributed by atoms with Crippen LogP contribution in [0.3, 0.4) is 0 Å². The molecule has 0 aliphatic carbocycles. The summed E-state index contributed by atoms with van der Waals surface area (Å²) in [6.45, 7) is 2.77. The Labute approximate surface area is 162 Å². The average molecular weight is 408 g/mol. The molecular weight excluding hydrogens is 388 g/mol. The quantitative estimate of drug-likeness (QED) is 0.403. The molecule has 0 bridgehead atoms. The lowest BCUT2D eigenvalue weighted by Crippen LogP contribution is -2.30. The average Bonchev–Trinajstić information content (AvgIpc) is 2.66. The molecule has 0 heterocycles. The van der Waals surface area contributed by atoms with Crippen molar-refractivity contribution in [3.8, 4) is 5.75 Å². The van der Waals surface area contributed by atoms with Gasteiger partial charge in [0.05, 0.1) is 16.9 Å². The van der Waals surface area contributed by atoms with E-state index < -0.39 is 27.5 Å². The van der Waals surface area contributed by atoms with E-state index in [0.717, 1.165) is 11.1 Å². The minimum Gasteiger partial charge on any atom is -0.496 e. The monoisotopic (exact) mass is 408 g/mol. The molecule has 0 unspecified atom stereocenters. The van der Waals surface area contributed by atoms with Gasteiger partial charge in [0.15, 0.2) is 0 Å². The summed E-state index contributed by atoms with van der Waals surface area (Å²) in [5, 5.41) is 10.9. The molecule has 2 rings (SSSR count). The normalized spacial score (nSPS) is 11.1. The minimum atomic E-state index is -3.87. The molecule has 0 saturated heterocycles. The molecule has 0 radical (unpaired) electrons. The summed E-state index contributed by atoms with van der Waals surface area (Å²) in [5.41, 5.74) is 1.87. The van der Waals surface area contributed by atoms with Gasteiger partial charge in [-0.2, -0.15) is 4.72 Å². The highest BCUT2D eigenvalue weighted by Gasteiger charge is 2.18. The first-order valence-electron chi connectivity index (χ1n) is 8.18. The van der Waals surface area contributed by atoms with Gasteiger partial charge in [0.25, 0.3) is 5.69 Å². The number of nitro benzene ring substituents is 1. The number of methoxy groups -OCH3 is 1. The molecule has 9 nitrogen and oxygen atoms in total. The van der Waals surface area contributed by atoms with Crippen LogP contribution in [0, 0.1) is 24.0 Å². The summed E-state index contributed by atoms with van der Waals surface area (Å²) >= 11 is 0. The molecule has 0 fully saturated rings. The Balaban J connectivity index is 2.00. The standard InChI is InChI=1S/C18H20N2O7S/c1-12-4-6-16(8-13(12)2)28(24,25)19-10-18(21)27-11-14-9-15(20(22)23)5-7-17(14)26-3/h4-9,19H,10-11H2,1-3H3. The Morgan fingerprint density at radius 3 is 2.46 bits per heavy atom. The number of sulfonamides is 1. The third kappa shape index (κ3) is 5.27. The minimum absolute atomic E-state index is 0.0451. The Morgan fingerprint density at radius 1 is 1.14 bits per heavy atom. The Bertz CT molecular complexity index is 1000. The largest absolute Gasteiger partial charge is 0.496 e. The molecule has 1 N–H and O–H groups in total. The number of ether oxygens (including phenoxy) is 2. The van der Waals surface area contributed by atoms with E-state index in [-0.39, 0.29) is 17.2 Å². The molecule has 0 saturated carbocycles. The highest BCUT2D eigenvalue weighted by molar-refractivity contribution is 7.89. The zero-order chi connectivity index (χ0) is 20.9. The van der Waals surface area contributed by atoms with Crippen molar-refractivity contribution in [1.82, 2.24) is 4.72 Å². The summed E-state index contributed by atoms with van der Waals surface area (Å²) in [6.07, 6.45) is 0. The predicted molar refractivity (Wildman–Crippen MR) is 101 cm³/mol. The maximum atomic E-state index is 12.3. The molecular formula is C18H20N2O7S. The van der Waals surface area contributed by atoms with Crippen molar-refractivity contribution in [3.63, 3.8) is 0 Å². The smallest absolute Gasteiger partial charge is 0.321 e. The summed E-state index contributed by atoms with van der Waals surface area (Å²) in [7, 11) is -2.49. The number of nitrogens with zero attached hydrogens (tertiary/aromatic N) is 1. The number of nitrogens with one attached hydrogen (secondary N) is 1. The molecule has 2 aromatic rings.